The Bertz CT molecular complexity index is 903. The zero-order valence-electron chi connectivity index (χ0n) is 14.3. The molecule has 136 valence electrons. The van der Waals surface area contributed by atoms with Crippen LogP contribution in [-0.4, -0.2) is 27.6 Å². The summed E-state index contributed by atoms with van der Waals surface area (Å²) in [6, 6.07) is 8.34. The zero-order chi connectivity index (χ0) is 17.2. The fourth-order valence-electron chi connectivity index (χ4n) is 2.94. The number of aromatic amines is 1. The average molecular weight is 390 g/mol. The maximum absolute atomic E-state index is 12.5. The molecule has 8 heteroatoms. The van der Waals surface area contributed by atoms with Gasteiger partial charge in [0.15, 0.2) is 10.8 Å². The quantitative estimate of drug-likeness (QED) is 0.638. The molecule has 0 bridgehead atoms. The Balaban J connectivity index is 0.00000196. The SMILES string of the molecule is CCc1ccc(-c2csc(NC(=O)c3n[nH]c4c3CNCC4)n2)cc1.Cl. The lowest BCUT2D eigenvalue weighted by Crippen LogP contribution is -2.25. The van der Waals surface area contributed by atoms with Gasteiger partial charge < -0.3 is 5.32 Å². The number of hydrogen-bond acceptors (Lipinski definition) is 5. The van der Waals surface area contributed by atoms with Crippen molar-refractivity contribution in [3.63, 3.8) is 0 Å². The predicted molar refractivity (Wildman–Crippen MR) is 106 cm³/mol. The van der Waals surface area contributed by atoms with Crippen molar-refractivity contribution in [1.82, 2.24) is 20.5 Å². The molecule has 26 heavy (non-hydrogen) atoms. The lowest BCUT2D eigenvalue weighted by molar-refractivity contribution is 0.102. The Morgan fingerprint density at radius 2 is 2.12 bits per heavy atom. The van der Waals surface area contributed by atoms with Crippen LogP contribution in [0.2, 0.25) is 0 Å². The number of benzene rings is 1. The van der Waals surface area contributed by atoms with Crippen molar-refractivity contribution in [2.75, 3.05) is 11.9 Å². The predicted octanol–water partition coefficient (Wildman–Crippen LogP) is 3.42. The number of hydrogen-bond donors (Lipinski definition) is 3. The van der Waals surface area contributed by atoms with Gasteiger partial charge in [0.25, 0.3) is 5.91 Å². The second kappa shape index (κ2) is 7.99. The van der Waals surface area contributed by atoms with E-state index >= 15 is 0 Å². The third kappa shape index (κ3) is 3.65. The molecular weight excluding hydrogens is 370 g/mol. The van der Waals surface area contributed by atoms with Gasteiger partial charge >= 0.3 is 0 Å². The van der Waals surface area contributed by atoms with Crippen LogP contribution in [0.5, 0.6) is 0 Å². The lowest BCUT2D eigenvalue weighted by Gasteiger charge is -2.12. The number of carbonyl (C=O) groups is 1. The van der Waals surface area contributed by atoms with Crippen molar-refractivity contribution in [2.45, 2.75) is 26.3 Å². The van der Waals surface area contributed by atoms with Gasteiger partial charge in [0.1, 0.15) is 0 Å². The van der Waals surface area contributed by atoms with Crippen molar-refractivity contribution in [3.8, 4) is 11.3 Å². The Kier molecular flexibility index (Phi) is 5.70. The summed E-state index contributed by atoms with van der Waals surface area (Å²) < 4.78 is 0. The number of carbonyl (C=O) groups excluding carboxylic acids is 1. The highest BCUT2D eigenvalue weighted by atomic mass is 35.5. The number of amides is 1. The van der Waals surface area contributed by atoms with Gasteiger partial charge in [-0.05, 0) is 12.0 Å². The molecule has 3 aromatic rings. The fraction of sp³-hybridized carbons (Fsp3) is 0.278. The van der Waals surface area contributed by atoms with E-state index in [4.69, 9.17) is 0 Å². The lowest BCUT2D eigenvalue weighted by atomic mass is 10.1. The molecule has 1 amide bonds. The minimum atomic E-state index is -0.219. The number of halogens is 1. The van der Waals surface area contributed by atoms with Gasteiger partial charge in [-0.3, -0.25) is 15.2 Å². The van der Waals surface area contributed by atoms with Gasteiger partial charge in [0, 0.05) is 41.7 Å². The van der Waals surface area contributed by atoms with Gasteiger partial charge in [0.05, 0.1) is 5.69 Å². The van der Waals surface area contributed by atoms with Gasteiger partial charge in [-0.2, -0.15) is 5.10 Å². The van der Waals surface area contributed by atoms with E-state index < -0.39 is 0 Å². The molecule has 0 radical (unpaired) electrons. The summed E-state index contributed by atoms with van der Waals surface area (Å²) in [5, 5.41) is 15.8. The van der Waals surface area contributed by atoms with Crippen molar-refractivity contribution in [3.05, 3.63) is 52.2 Å². The molecule has 0 unspecified atom stereocenters. The van der Waals surface area contributed by atoms with Crippen LogP contribution in [0.4, 0.5) is 5.13 Å². The van der Waals surface area contributed by atoms with E-state index in [2.05, 4.69) is 57.0 Å². The number of nitrogens with zero attached hydrogens (tertiary/aromatic N) is 2. The second-order valence-electron chi connectivity index (χ2n) is 6.00. The molecule has 1 aromatic carbocycles. The maximum atomic E-state index is 12.5. The highest BCUT2D eigenvalue weighted by Gasteiger charge is 2.22. The number of nitrogens with one attached hydrogen (secondary N) is 3. The number of aromatic nitrogens is 3. The Hall–Kier alpha value is -2.22. The zero-order valence-corrected chi connectivity index (χ0v) is 16.0. The Morgan fingerprint density at radius 3 is 2.88 bits per heavy atom. The van der Waals surface area contributed by atoms with E-state index in [0.29, 0.717) is 17.4 Å². The van der Waals surface area contributed by atoms with Gasteiger partial charge in [-0.15, -0.1) is 23.7 Å². The van der Waals surface area contributed by atoms with E-state index in [-0.39, 0.29) is 18.3 Å². The first-order valence-corrected chi connectivity index (χ1v) is 9.25. The largest absolute Gasteiger partial charge is 0.312 e. The number of anilines is 1. The standard InChI is InChI=1S/C18H19N5OS.ClH/c1-2-11-3-5-12(6-4-11)15-10-25-18(20-15)21-17(24)16-13-9-19-8-7-14(13)22-23-16;/h3-6,10,19H,2,7-9H2,1H3,(H,22,23)(H,20,21,24);1H. The molecule has 1 aliphatic heterocycles. The number of H-pyrrole nitrogens is 1. The monoisotopic (exact) mass is 389 g/mol. The van der Waals surface area contributed by atoms with Crippen LogP contribution >= 0.6 is 23.7 Å². The molecular formula is C18H20ClN5OS. The van der Waals surface area contributed by atoms with Gasteiger partial charge in [0.2, 0.25) is 0 Å². The number of fused-ring (bicyclic) bond motifs is 1. The normalized spacial score (nSPS) is 13.0. The molecule has 3 N–H and O–H groups in total. The average Bonchev–Trinajstić information content (AvgIpc) is 3.28. The third-order valence-electron chi connectivity index (χ3n) is 4.40. The van der Waals surface area contributed by atoms with E-state index in [0.717, 1.165) is 41.9 Å². The minimum Gasteiger partial charge on any atom is -0.312 e. The molecule has 2 aromatic heterocycles. The van der Waals surface area contributed by atoms with E-state index in [1.807, 2.05) is 5.38 Å². The van der Waals surface area contributed by atoms with Crippen LogP contribution in [0, 0.1) is 0 Å². The summed E-state index contributed by atoms with van der Waals surface area (Å²) >= 11 is 1.42. The van der Waals surface area contributed by atoms with Gasteiger partial charge in [-0.1, -0.05) is 31.2 Å². The first-order chi connectivity index (χ1) is 12.2. The summed E-state index contributed by atoms with van der Waals surface area (Å²) in [4.78, 5) is 17.1. The topological polar surface area (TPSA) is 82.7 Å². The summed E-state index contributed by atoms with van der Waals surface area (Å²) in [5.74, 6) is -0.219. The fourth-order valence-corrected chi connectivity index (χ4v) is 3.66. The van der Waals surface area contributed by atoms with Crippen LogP contribution in [0.3, 0.4) is 0 Å². The van der Waals surface area contributed by atoms with Crippen molar-refractivity contribution < 1.29 is 4.79 Å². The Labute approximate surface area is 161 Å². The minimum absolute atomic E-state index is 0. The number of rotatable bonds is 4. The first kappa shape index (κ1) is 18.6. The number of thiazole rings is 1. The molecule has 0 spiro atoms. The number of aryl methyl sites for hydroxylation is 1. The Morgan fingerprint density at radius 1 is 1.31 bits per heavy atom. The van der Waals surface area contributed by atoms with Crippen LogP contribution < -0.4 is 10.6 Å². The molecule has 0 saturated heterocycles. The molecule has 6 nitrogen and oxygen atoms in total. The van der Waals surface area contributed by atoms with Gasteiger partial charge in [-0.25, -0.2) is 4.98 Å². The van der Waals surface area contributed by atoms with E-state index in [9.17, 15) is 4.79 Å². The van der Waals surface area contributed by atoms with Crippen LogP contribution in [0.1, 0.15) is 34.2 Å². The molecule has 0 fully saturated rings. The summed E-state index contributed by atoms with van der Waals surface area (Å²) in [7, 11) is 0. The maximum Gasteiger partial charge on any atom is 0.278 e. The van der Waals surface area contributed by atoms with Crippen molar-refractivity contribution in [2.24, 2.45) is 0 Å². The summed E-state index contributed by atoms with van der Waals surface area (Å²) in [5.41, 5.74) is 5.66. The molecule has 0 saturated carbocycles. The summed E-state index contributed by atoms with van der Waals surface area (Å²) in [6.45, 7) is 3.71. The van der Waals surface area contributed by atoms with Crippen LogP contribution in [0.25, 0.3) is 11.3 Å². The molecule has 0 aliphatic carbocycles. The van der Waals surface area contributed by atoms with Crippen molar-refractivity contribution in [1.29, 1.82) is 0 Å². The van der Waals surface area contributed by atoms with E-state index in [1.54, 1.807) is 0 Å². The highest BCUT2D eigenvalue weighted by Crippen LogP contribution is 2.26. The first-order valence-electron chi connectivity index (χ1n) is 8.37. The molecule has 3 heterocycles. The molecule has 1 aliphatic rings. The van der Waals surface area contributed by atoms with E-state index in [1.165, 1.54) is 16.9 Å². The highest BCUT2D eigenvalue weighted by molar-refractivity contribution is 7.14. The summed E-state index contributed by atoms with van der Waals surface area (Å²) in [6.07, 6.45) is 1.88. The third-order valence-corrected chi connectivity index (χ3v) is 5.16. The molecule has 0 atom stereocenters. The molecule has 4 rings (SSSR count). The smallest absolute Gasteiger partial charge is 0.278 e. The second-order valence-corrected chi connectivity index (χ2v) is 6.86. The van der Waals surface area contributed by atoms with Crippen molar-refractivity contribution >= 4 is 34.8 Å². The van der Waals surface area contributed by atoms with Crippen LogP contribution in [-0.2, 0) is 19.4 Å². The van der Waals surface area contributed by atoms with Crippen LogP contribution in [0.15, 0.2) is 29.6 Å².